The molecular weight excluding hydrogens is 1010 g/mol. The highest BCUT2D eigenvalue weighted by molar-refractivity contribution is 7.47. The minimum atomic E-state index is -4.35. The van der Waals surface area contributed by atoms with Gasteiger partial charge in [0.1, 0.15) is 13.2 Å². The van der Waals surface area contributed by atoms with Crippen LogP contribution in [0.1, 0.15) is 373 Å². The number of likely N-dealkylation sites (N-methyl/N-ethyl adjacent to an activating group) is 1. The Morgan fingerprint density at radius 2 is 0.675 bits per heavy atom. The van der Waals surface area contributed by atoms with Crippen LogP contribution in [0.2, 0.25) is 0 Å². The molecule has 3 N–H and O–H groups in total. The Kier molecular flexibility index (Phi) is 61.7. The molecule has 0 rings (SSSR count). The number of allylic oxidation sites excluding steroid dienone is 3. The number of aliphatic hydroxyl groups is 1. The molecule has 80 heavy (non-hydrogen) atoms. The Hall–Kier alpha value is -1.02. The van der Waals surface area contributed by atoms with Gasteiger partial charge in [-0.1, -0.05) is 346 Å². The van der Waals surface area contributed by atoms with Gasteiger partial charge < -0.3 is 19.8 Å². The summed E-state index contributed by atoms with van der Waals surface area (Å²) in [6, 6.07) is -0.845. The molecule has 0 fully saturated rings. The smallest absolute Gasteiger partial charge is 0.387 e. The van der Waals surface area contributed by atoms with Crippen molar-refractivity contribution in [1.82, 2.24) is 5.32 Å². The molecule has 0 aromatic rings. The SMILES string of the molecule is CCCCCCCCCC/C=C\CCCCCCCCCCCCCCCCCCCCCC(=O)NC(COP(=O)(O)OCC[N+](C)(C)C)C(O)/C=C/CCCCCCCCCCCCCCCCCCCCCCCCCCC. The zero-order chi connectivity index (χ0) is 58.4. The average Bonchev–Trinajstić information content (AvgIpc) is 3.42. The molecule has 0 radical (unpaired) electrons. The summed E-state index contributed by atoms with van der Waals surface area (Å²) in [6.07, 6.45) is 81.9. The van der Waals surface area contributed by atoms with E-state index in [1.54, 1.807) is 6.08 Å². The summed E-state index contributed by atoms with van der Waals surface area (Å²) in [4.78, 5) is 23.4. The van der Waals surface area contributed by atoms with Crippen molar-refractivity contribution in [3.63, 3.8) is 0 Å². The molecule has 0 saturated heterocycles. The van der Waals surface area contributed by atoms with Crippen LogP contribution in [0.15, 0.2) is 24.3 Å². The molecule has 3 unspecified atom stereocenters. The van der Waals surface area contributed by atoms with Crippen LogP contribution in [0.5, 0.6) is 0 Å². The number of carbonyl (C=O) groups excluding carboxylic acids is 1. The predicted molar refractivity (Wildman–Crippen MR) is 351 cm³/mol. The lowest BCUT2D eigenvalue weighted by molar-refractivity contribution is -0.870. The first kappa shape index (κ1) is 79.0. The van der Waals surface area contributed by atoms with Crippen molar-refractivity contribution in [1.29, 1.82) is 0 Å². The van der Waals surface area contributed by atoms with E-state index in [2.05, 4.69) is 31.3 Å². The van der Waals surface area contributed by atoms with E-state index in [4.69, 9.17) is 9.05 Å². The Balaban J connectivity index is 4.02. The van der Waals surface area contributed by atoms with Gasteiger partial charge in [0.15, 0.2) is 0 Å². The minimum Gasteiger partial charge on any atom is -0.387 e. The van der Waals surface area contributed by atoms with Crippen molar-refractivity contribution in [2.45, 2.75) is 386 Å². The summed E-state index contributed by atoms with van der Waals surface area (Å²) in [5.41, 5.74) is 0. The number of unbranched alkanes of at least 4 members (excludes halogenated alkanes) is 52. The third-order valence-corrected chi connectivity index (χ3v) is 17.6. The van der Waals surface area contributed by atoms with Gasteiger partial charge in [0.05, 0.1) is 39.9 Å². The van der Waals surface area contributed by atoms with E-state index >= 15 is 0 Å². The number of nitrogens with zero attached hydrogens (tertiary/aromatic N) is 1. The molecule has 476 valence electrons. The predicted octanol–water partition coefficient (Wildman–Crippen LogP) is 22.7. The van der Waals surface area contributed by atoms with Crippen molar-refractivity contribution in [2.75, 3.05) is 40.9 Å². The third kappa shape index (κ3) is 64.5. The molecular formula is C71H142N2O6P+. The monoisotopic (exact) mass is 1150 g/mol. The molecule has 0 spiro atoms. The van der Waals surface area contributed by atoms with Gasteiger partial charge in [0.2, 0.25) is 5.91 Å². The molecule has 8 nitrogen and oxygen atoms in total. The van der Waals surface area contributed by atoms with Gasteiger partial charge in [0, 0.05) is 6.42 Å². The molecule has 0 saturated carbocycles. The minimum absolute atomic E-state index is 0.0645. The lowest BCUT2D eigenvalue weighted by Crippen LogP contribution is -2.45. The summed E-state index contributed by atoms with van der Waals surface area (Å²) in [5.74, 6) is -0.168. The Morgan fingerprint density at radius 3 is 0.963 bits per heavy atom. The molecule has 9 heteroatoms. The van der Waals surface area contributed by atoms with E-state index < -0.39 is 20.0 Å². The molecule has 3 atom stereocenters. The molecule has 0 aromatic heterocycles. The highest BCUT2D eigenvalue weighted by Gasteiger charge is 2.28. The Bertz CT molecular complexity index is 1350. The summed E-state index contributed by atoms with van der Waals surface area (Å²) in [7, 11) is 1.59. The van der Waals surface area contributed by atoms with Gasteiger partial charge in [-0.15, -0.1) is 0 Å². The van der Waals surface area contributed by atoms with Gasteiger partial charge in [-0.05, 0) is 44.9 Å². The second-order valence-corrected chi connectivity index (χ2v) is 27.4. The average molecular weight is 1150 g/mol. The number of aliphatic hydroxyl groups excluding tert-OH is 1. The van der Waals surface area contributed by atoms with E-state index in [0.717, 1.165) is 32.1 Å². The fourth-order valence-electron chi connectivity index (χ4n) is 11.1. The first-order valence-corrected chi connectivity index (χ1v) is 37.2. The molecule has 0 bridgehead atoms. The van der Waals surface area contributed by atoms with Crippen LogP contribution >= 0.6 is 7.82 Å². The lowest BCUT2D eigenvalue weighted by atomic mass is 10.0. The third-order valence-electron chi connectivity index (χ3n) is 16.7. The number of phosphoric ester groups is 1. The van der Waals surface area contributed by atoms with E-state index in [0.29, 0.717) is 17.4 Å². The standard InChI is InChI=1S/C71H141N2O6P/c1-6-8-10-12-14-16-18-20-22-24-26-28-30-32-34-35-36-37-39-41-43-45-47-49-51-53-55-57-59-61-63-65-71(75)72-69(68-79-80(76,77)78-67-66-73(3,4)5)70(74)64-62-60-58-56-54-52-50-48-46-44-42-40-38-33-31-29-27-25-23-21-19-17-15-13-11-9-7-2/h24,26,62,64,69-70,74H,6-23,25,27-61,63,65-68H2,1-5H3,(H-,72,75,76,77)/p+1/b26-24-,64-62+. The van der Waals surface area contributed by atoms with Gasteiger partial charge in [0.25, 0.3) is 0 Å². The molecule has 0 heterocycles. The van der Waals surface area contributed by atoms with Crippen molar-refractivity contribution in [3.8, 4) is 0 Å². The van der Waals surface area contributed by atoms with Gasteiger partial charge in [-0.25, -0.2) is 4.57 Å². The number of amides is 1. The normalized spacial score (nSPS) is 13.7. The fraction of sp³-hybridized carbons (Fsp3) is 0.930. The molecule has 0 aliphatic rings. The summed E-state index contributed by atoms with van der Waals surface area (Å²) < 4.78 is 23.8. The van der Waals surface area contributed by atoms with Crippen LogP contribution < -0.4 is 5.32 Å². The van der Waals surface area contributed by atoms with Crippen molar-refractivity contribution >= 4 is 13.7 Å². The van der Waals surface area contributed by atoms with Gasteiger partial charge in [-0.3, -0.25) is 13.8 Å². The number of nitrogens with one attached hydrogen (secondary N) is 1. The summed E-state index contributed by atoms with van der Waals surface area (Å²) in [5, 5.41) is 14.0. The van der Waals surface area contributed by atoms with Gasteiger partial charge >= 0.3 is 7.82 Å². The van der Waals surface area contributed by atoms with Crippen molar-refractivity contribution in [2.24, 2.45) is 0 Å². The van der Waals surface area contributed by atoms with Crippen LogP contribution in [0.4, 0.5) is 0 Å². The van der Waals surface area contributed by atoms with Crippen LogP contribution in [-0.4, -0.2) is 73.4 Å². The number of quaternary nitrogens is 1. The maximum Gasteiger partial charge on any atom is 0.472 e. The van der Waals surface area contributed by atoms with E-state index in [1.807, 2.05) is 27.2 Å². The zero-order valence-electron chi connectivity index (χ0n) is 54.6. The first-order chi connectivity index (χ1) is 39.0. The maximum absolute atomic E-state index is 13.1. The molecule has 0 aromatic carbocycles. The van der Waals surface area contributed by atoms with Crippen LogP contribution in [0, 0.1) is 0 Å². The van der Waals surface area contributed by atoms with Gasteiger partial charge in [-0.2, -0.15) is 0 Å². The number of phosphoric acid groups is 1. The summed E-state index contributed by atoms with van der Waals surface area (Å²) >= 11 is 0. The quantitative estimate of drug-likeness (QED) is 0.0243. The summed E-state index contributed by atoms with van der Waals surface area (Å²) in [6.45, 7) is 4.88. The Labute approximate surface area is 500 Å². The van der Waals surface area contributed by atoms with E-state index in [9.17, 15) is 19.4 Å². The van der Waals surface area contributed by atoms with Crippen molar-refractivity contribution in [3.05, 3.63) is 24.3 Å². The highest BCUT2D eigenvalue weighted by Crippen LogP contribution is 2.43. The van der Waals surface area contributed by atoms with Crippen molar-refractivity contribution < 1.29 is 32.9 Å². The molecule has 1 amide bonds. The topological polar surface area (TPSA) is 105 Å². The largest absolute Gasteiger partial charge is 0.472 e. The fourth-order valence-corrected chi connectivity index (χ4v) is 11.8. The lowest BCUT2D eigenvalue weighted by Gasteiger charge is -2.25. The van der Waals surface area contributed by atoms with Crippen LogP contribution in [0.25, 0.3) is 0 Å². The van der Waals surface area contributed by atoms with E-state index in [-0.39, 0.29) is 19.1 Å². The second kappa shape index (κ2) is 62.5. The first-order valence-electron chi connectivity index (χ1n) is 35.7. The highest BCUT2D eigenvalue weighted by atomic mass is 31.2. The number of carbonyl (C=O) groups is 1. The second-order valence-electron chi connectivity index (χ2n) is 26.0. The Morgan fingerprint density at radius 1 is 0.412 bits per heavy atom. The number of rotatable bonds is 67. The van der Waals surface area contributed by atoms with Crippen LogP contribution in [-0.2, 0) is 18.4 Å². The maximum atomic E-state index is 13.1. The van der Waals surface area contributed by atoms with Crippen LogP contribution in [0.3, 0.4) is 0 Å². The molecule has 0 aliphatic heterocycles. The zero-order valence-corrected chi connectivity index (χ0v) is 55.5. The van der Waals surface area contributed by atoms with E-state index in [1.165, 1.54) is 321 Å². The molecule has 0 aliphatic carbocycles. The number of hydrogen-bond donors (Lipinski definition) is 3. The number of hydrogen-bond acceptors (Lipinski definition) is 5.